The number of ether oxygens (including phenoxy) is 2. The zero-order valence-corrected chi connectivity index (χ0v) is 33.1. The summed E-state index contributed by atoms with van der Waals surface area (Å²) in [7, 11) is 3.40. The van der Waals surface area contributed by atoms with Crippen LogP contribution in [0.5, 0.6) is 23.0 Å². The third-order valence-electron chi connectivity index (χ3n) is 10.4. The first-order valence-electron chi connectivity index (χ1n) is 18.1. The lowest BCUT2D eigenvalue weighted by Crippen LogP contribution is -2.17. The van der Waals surface area contributed by atoms with E-state index in [0.717, 1.165) is 78.3 Å². The van der Waals surface area contributed by atoms with Crippen LogP contribution in [0.15, 0.2) is 48.5 Å². The lowest BCUT2D eigenvalue weighted by molar-refractivity contribution is -0.271. The van der Waals surface area contributed by atoms with Gasteiger partial charge in [-0.25, -0.2) is 0 Å². The zero-order valence-electron chi connectivity index (χ0n) is 33.1. The number of hydrogen-bond acceptors (Lipinski definition) is 4. The van der Waals surface area contributed by atoms with Gasteiger partial charge in [0, 0.05) is 25.7 Å². The van der Waals surface area contributed by atoms with Crippen LogP contribution in [-0.2, 0) is 47.3 Å². The predicted octanol–water partition coefficient (Wildman–Crippen LogP) is 9.72. The highest BCUT2D eigenvalue weighted by molar-refractivity contribution is 5.59. The van der Waals surface area contributed by atoms with E-state index >= 15 is 0 Å². The first kappa shape index (κ1) is 37.3. The molecule has 0 unspecified atom stereocenters. The Morgan fingerprint density at radius 1 is 0.360 bits per heavy atom. The molecular formula is C46H58O4-2. The van der Waals surface area contributed by atoms with E-state index in [9.17, 15) is 10.2 Å². The Bertz CT molecular complexity index is 1680. The molecule has 0 aromatic heterocycles. The van der Waals surface area contributed by atoms with E-state index in [1.54, 1.807) is 14.2 Å². The second-order valence-corrected chi connectivity index (χ2v) is 18.6. The molecular weight excluding hydrogens is 617 g/mol. The lowest BCUT2D eigenvalue weighted by Gasteiger charge is -2.30. The molecule has 50 heavy (non-hydrogen) atoms. The topological polar surface area (TPSA) is 64.6 Å². The number of hydrogen-bond donors (Lipinski definition) is 0. The van der Waals surface area contributed by atoms with E-state index < -0.39 is 0 Å². The van der Waals surface area contributed by atoms with Gasteiger partial charge in [0.05, 0.1) is 14.2 Å². The monoisotopic (exact) mass is 674 g/mol. The molecule has 8 bridgehead atoms. The summed E-state index contributed by atoms with van der Waals surface area (Å²) in [6.45, 7) is 26.4. The summed E-state index contributed by atoms with van der Waals surface area (Å²) in [6, 6.07) is 17.2. The largest absolute Gasteiger partial charge is 0.872 e. The van der Waals surface area contributed by atoms with Gasteiger partial charge >= 0.3 is 0 Å². The Kier molecular flexibility index (Phi) is 9.71. The normalized spacial score (nSPS) is 14.0. The van der Waals surface area contributed by atoms with Crippen LogP contribution in [0.4, 0.5) is 0 Å². The fourth-order valence-electron chi connectivity index (χ4n) is 7.15. The molecule has 4 heteroatoms. The average molecular weight is 675 g/mol. The maximum absolute atomic E-state index is 14.6. The smallest absolute Gasteiger partial charge is 0.125 e. The number of rotatable bonds is 2. The molecule has 0 amide bonds. The molecule has 0 aliphatic heterocycles. The van der Waals surface area contributed by atoms with E-state index in [2.05, 4.69) is 132 Å². The highest BCUT2D eigenvalue weighted by atomic mass is 16.5. The van der Waals surface area contributed by atoms with Crippen molar-refractivity contribution in [1.29, 1.82) is 0 Å². The quantitative estimate of drug-likeness (QED) is 0.187. The van der Waals surface area contributed by atoms with E-state index in [1.165, 1.54) is 0 Å². The Balaban J connectivity index is 1.93. The molecule has 4 aromatic carbocycles. The molecule has 0 spiro atoms. The predicted molar refractivity (Wildman–Crippen MR) is 204 cm³/mol. The van der Waals surface area contributed by atoms with Crippen LogP contribution in [0.2, 0.25) is 0 Å². The molecule has 0 N–H and O–H groups in total. The van der Waals surface area contributed by atoms with Gasteiger partial charge in [-0.3, -0.25) is 0 Å². The molecule has 1 aliphatic rings. The molecule has 0 atom stereocenters. The van der Waals surface area contributed by atoms with E-state index in [4.69, 9.17) is 9.47 Å². The summed E-state index contributed by atoms with van der Waals surface area (Å²) < 4.78 is 12.4. The molecule has 4 aromatic rings. The SMILES string of the molecule is COc1c2cc(C(C)(C)C)cc1Cc1cc(C(C)(C)C)cc(c1[O-])Cc1cc(C(C)(C)C)cc(c1OC)Cc1cc(C(C)(C)C)cc(c1[O-])C2. The van der Waals surface area contributed by atoms with Gasteiger partial charge in [0.25, 0.3) is 0 Å². The van der Waals surface area contributed by atoms with Gasteiger partial charge in [-0.1, -0.05) is 154 Å². The van der Waals surface area contributed by atoms with Crippen molar-refractivity contribution in [3.8, 4) is 23.0 Å². The van der Waals surface area contributed by atoms with Crippen LogP contribution in [0.25, 0.3) is 0 Å². The van der Waals surface area contributed by atoms with Gasteiger partial charge in [-0.05, 0) is 66.2 Å². The zero-order chi connectivity index (χ0) is 37.1. The molecule has 5 rings (SSSR count). The van der Waals surface area contributed by atoms with Crippen molar-refractivity contribution >= 4 is 0 Å². The van der Waals surface area contributed by atoms with Crippen molar-refractivity contribution in [2.45, 2.75) is 130 Å². The van der Waals surface area contributed by atoms with Crippen LogP contribution in [-0.4, -0.2) is 14.2 Å². The maximum Gasteiger partial charge on any atom is 0.125 e. The Hall–Kier alpha value is -3.92. The van der Waals surface area contributed by atoms with E-state index in [1.807, 2.05) is 0 Å². The van der Waals surface area contributed by atoms with Crippen LogP contribution in [0, 0.1) is 0 Å². The standard InChI is InChI=1S/C46H60O4/c1-43(2,3)35-19-27-15-31-23-37(45(7,8)9)25-33(41(31)49-13)17-29-21-36(44(4,5)6)22-30(40(29)48)18-34-26-38(46(10,11)12)24-32(42(34)50-14)16-28(20-35)39(27)47/h19-26,47-48H,15-18H2,1-14H3/p-2. The maximum atomic E-state index is 14.6. The molecule has 0 saturated carbocycles. The molecule has 0 saturated heterocycles. The summed E-state index contributed by atoms with van der Waals surface area (Å²) in [5, 5.41) is 29.2. The molecule has 0 fully saturated rings. The Morgan fingerprint density at radius 2 is 0.540 bits per heavy atom. The fraction of sp³-hybridized carbons (Fsp3) is 0.478. The summed E-state index contributed by atoms with van der Waals surface area (Å²) >= 11 is 0. The molecule has 4 nitrogen and oxygen atoms in total. The summed E-state index contributed by atoms with van der Waals surface area (Å²) in [4.78, 5) is 0. The third kappa shape index (κ3) is 7.55. The lowest BCUT2D eigenvalue weighted by atomic mass is 9.79. The second-order valence-electron chi connectivity index (χ2n) is 18.6. The van der Waals surface area contributed by atoms with E-state index in [0.29, 0.717) is 25.7 Å². The molecule has 1 aliphatic carbocycles. The minimum atomic E-state index is -0.166. The van der Waals surface area contributed by atoms with Gasteiger partial charge in [-0.2, -0.15) is 0 Å². The number of methoxy groups -OCH3 is 2. The molecule has 268 valence electrons. The Morgan fingerprint density at radius 3 is 0.700 bits per heavy atom. The van der Waals surface area contributed by atoms with Crippen LogP contribution in [0.3, 0.4) is 0 Å². The minimum Gasteiger partial charge on any atom is -0.872 e. The van der Waals surface area contributed by atoms with Crippen molar-refractivity contribution in [3.63, 3.8) is 0 Å². The Labute approximate surface area is 301 Å². The fourth-order valence-corrected chi connectivity index (χ4v) is 7.15. The highest BCUT2D eigenvalue weighted by Crippen LogP contribution is 2.42. The van der Waals surface area contributed by atoms with Gasteiger partial charge < -0.3 is 19.7 Å². The summed E-state index contributed by atoms with van der Waals surface area (Å²) in [5.74, 6) is 1.61. The third-order valence-corrected chi connectivity index (χ3v) is 10.4. The van der Waals surface area contributed by atoms with Crippen molar-refractivity contribution in [2.24, 2.45) is 0 Å². The van der Waals surface area contributed by atoms with Crippen molar-refractivity contribution in [3.05, 3.63) is 115 Å². The first-order valence-corrected chi connectivity index (χ1v) is 18.1. The number of benzene rings is 4. The van der Waals surface area contributed by atoms with Gasteiger partial charge in [-0.15, -0.1) is 11.5 Å². The highest BCUT2D eigenvalue weighted by Gasteiger charge is 2.26. The number of fused-ring (bicyclic) bond motifs is 8. The van der Waals surface area contributed by atoms with Gasteiger partial charge in [0.2, 0.25) is 0 Å². The van der Waals surface area contributed by atoms with Crippen LogP contribution >= 0.6 is 0 Å². The minimum absolute atomic E-state index is 0.0570. The summed E-state index contributed by atoms with van der Waals surface area (Å²) in [5.41, 5.74) is 10.8. The molecule has 0 heterocycles. The second kappa shape index (κ2) is 13.0. The average Bonchev–Trinajstić information content (AvgIpc) is 2.98. The van der Waals surface area contributed by atoms with Gasteiger partial charge in [0.1, 0.15) is 11.5 Å². The van der Waals surface area contributed by atoms with Crippen molar-refractivity contribution < 1.29 is 19.7 Å². The van der Waals surface area contributed by atoms with Gasteiger partial charge in [0.15, 0.2) is 0 Å². The summed E-state index contributed by atoms with van der Waals surface area (Å²) in [6.07, 6.45) is 1.71. The van der Waals surface area contributed by atoms with Crippen molar-refractivity contribution in [1.82, 2.24) is 0 Å². The van der Waals surface area contributed by atoms with Crippen LogP contribution in [0.1, 0.15) is 150 Å². The van der Waals surface area contributed by atoms with Crippen molar-refractivity contribution in [2.75, 3.05) is 14.2 Å². The first-order chi connectivity index (χ1) is 23.0. The molecule has 0 radical (unpaired) electrons. The van der Waals surface area contributed by atoms with Crippen LogP contribution < -0.4 is 19.7 Å². The van der Waals surface area contributed by atoms with E-state index in [-0.39, 0.29) is 33.2 Å².